The molecule has 0 aliphatic carbocycles. The maximum absolute atomic E-state index is 11.8. The number of aryl methyl sites for hydroxylation is 1. The Balaban J connectivity index is 0.00000256. The summed E-state index contributed by atoms with van der Waals surface area (Å²) in [6.07, 6.45) is 0. The summed E-state index contributed by atoms with van der Waals surface area (Å²) in [5.41, 5.74) is 7.21. The van der Waals surface area contributed by atoms with Crippen LogP contribution in [0.3, 0.4) is 0 Å². The Bertz CT molecular complexity index is 465. The van der Waals surface area contributed by atoms with Gasteiger partial charge in [0.1, 0.15) is 0 Å². The first-order valence-corrected chi connectivity index (χ1v) is 5.06. The molecule has 0 spiro atoms. The number of hydrogen-bond donors (Lipinski definition) is 1. The van der Waals surface area contributed by atoms with E-state index in [0.717, 1.165) is 5.69 Å². The first-order valence-electron chi connectivity index (χ1n) is 5.06. The van der Waals surface area contributed by atoms with Gasteiger partial charge in [0.2, 0.25) is 0 Å². The van der Waals surface area contributed by atoms with Gasteiger partial charge in [0, 0.05) is 32.4 Å². The Kier molecular flexibility index (Phi) is 6.22. The minimum Gasteiger partial charge on any atom is -0.370 e. The zero-order chi connectivity index (χ0) is 12.3. The molecule has 0 saturated carbocycles. The largest absolute Gasteiger partial charge is 0.370 e. The Morgan fingerprint density at radius 1 is 1.47 bits per heavy atom. The molecule has 0 saturated heterocycles. The lowest BCUT2D eigenvalue weighted by molar-refractivity contribution is 0.608. The maximum atomic E-state index is 11.8. The molecule has 0 fully saturated rings. The van der Waals surface area contributed by atoms with Crippen molar-refractivity contribution in [3.63, 3.8) is 0 Å². The van der Waals surface area contributed by atoms with Crippen molar-refractivity contribution in [3.05, 3.63) is 33.7 Å². The van der Waals surface area contributed by atoms with Gasteiger partial charge in [0.05, 0.1) is 6.54 Å². The Hall–Kier alpha value is -1.05. The number of hydrogen-bond acceptors (Lipinski definition) is 2. The zero-order valence-electron chi connectivity index (χ0n) is 10.6. The summed E-state index contributed by atoms with van der Waals surface area (Å²) in [5, 5.41) is 0. The lowest BCUT2D eigenvalue weighted by Crippen LogP contribution is -2.31. The Morgan fingerprint density at radius 2 is 2.06 bits per heavy atom. The molecule has 0 unspecified atom stereocenters. The number of aromatic nitrogens is 1. The van der Waals surface area contributed by atoms with E-state index in [4.69, 9.17) is 5.73 Å². The first kappa shape index (κ1) is 16.0. The highest BCUT2D eigenvalue weighted by atomic mass is 127. The van der Waals surface area contributed by atoms with Crippen molar-refractivity contribution < 1.29 is 0 Å². The third-order valence-electron chi connectivity index (χ3n) is 2.50. The van der Waals surface area contributed by atoms with E-state index in [9.17, 15) is 4.79 Å². The molecule has 5 nitrogen and oxygen atoms in total. The van der Waals surface area contributed by atoms with Crippen molar-refractivity contribution in [2.24, 2.45) is 17.8 Å². The minimum absolute atomic E-state index is 0. The highest BCUT2D eigenvalue weighted by molar-refractivity contribution is 14.0. The lowest BCUT2D eigenvalue weighted by atomic mass is 10.2. The third-order valence-corrected chi connectivity index (χ3v) is 2.50. The van der Waals surface area contributed by atoms with E-state index in [1.54, 1.807) is 22.6 Å². The van der Waals surface area contributed by atoms with Gasteiger partial charge in [-0.2, -0.15) is 0 Å². The van der Waals surface area contributed by atoms with Crippen LogP contribution in [0.5, 0.6) is 0 Å². The van der Waals surface area contributed by atoms with Crippen LogP contribution < -0.4 is 11.3 Å². The number of aliphatic imine (C=N–C) groups is 1. The van der Waals surface area contributed by atoms with Crippen molar-refractivity contribution in [3.8, 4) is 0 Å². The normalized spacial score (nSPS) is 10.9. The molecule has 1 rings (SSSR count). The van der Waals surface area contributed by atoms with Crippen molar-refractivity contribution >= 4 is 29.9 Å². The summed E-state index contributed by atoms with van der Waals surface area (Å²) in [7, 11) is 5.37. The Labute approximate surface area is 118 Å². The molecule has 0 aliphatic heterocycles. The standard InChI is InChI=1S/C11H18N4O.HI/c1-8-5-6-9(10(16)15(8)4)7-13-11(12)14(2)3;/h5-6H,7H2,1-4H3,(H2,12,13);1H. The second kappa shape index (κ2) is 6.63. The number of guanidine groups is 1. The van der Waals surface area contributed by atoms with Crippen molar-refractivity contribution in [1.82, 2.24) is 9.47 Å². The predicted molar refractivity (Wildman–Crippen MR) is 80.8 cm³/mol. The van der Waals surface area contributed by atoms with E-state index in [-0.39, 0.29) is 29.5 Å². The summed E-state index contributed by atoms with van der Waals surface area (Å²) in [5.74, 6) is 0.419. The maximum Gasteiger partial charge on any atom is 0.255 e. The lowest BCUT2D eigenvalue weighted by Gasteiger charge is -2.10. The third kappa shape index (κ3) is 4.03. The molecule has 0 radical (unpaired) electrons. The van der Waals surface area contributed by atoms with Crippen molar-refractivity contribution in [1.29, 1.82) is 0 Å². The molecule has 1 aromatic heterocycles. The fourth-order valence-corrected chi connectivity index (χ4v) is 1.21. The number of halogens is 1. The molecular formula is C11H19IN4O. The van der Waals surface area contributed by atoms with Gasteiger partial charge in [-0.25, -0.2) is 4.99 Å². The molecule has 17 heavy (non-hydrogen) atoms. The SMILES string of the molecule is Cc1ccc(CN=C(N)N(C)C)c(=O)n1C.I. The second-order valence-corrected chi connectivity index (χ2v) is 3.93. The van der Waals surface area contributed by atoms with E-state index in [2.05, 4.69) is 4.99 Å². The molecule has 1 heterocycles. The highest BCUT2D eigenvalue weighted by Gasteiger charge is 2.03. The minimum atomic E-state index is -0.0182. The highest BCUT2D eigenvalue weighted by Crippen LogP contribution is 1.98. The molecule has 0 aromatic carbocycles. The van der Waals surface area contributed by atoms with Gasteiger partial charge in [0.15, 0.2) is 5.96 Å². The summed E-state index contributed by atoms with van der Waals surface area (Å²) < 4.78 is 1.61. The van der Waals surface area contributed by atoms with Crippen LogP contribution in [0.1, 0.15) is 11.3 Å². The molecule has 0 aliphatic rings. The number of nitrogens with two attached hydrogens (primary N) is 1. The second-order valence-electron chi connectivity index (χ2n) is 3.93. The Morgan fingerprint density at radius 3 is 2.59 bits per heavy atom. The van der Waals surface area contributed by atoms with Crippen LogP contribution in [-0.2, 0) is 13.6 Å². The van der Waals surface area contributed by atoms with Crippen molar-refractivity contribution in [2.75, 3.05) is 14.1 Å². The predicted octanol–water partition coefficient (Wildman–Crippen LogP) is 0.688. The molecule has 0 amide bonds. The summed E-state index contributed by atoms with van der Waals surface area (Å²) in [6.45, 7) is 2.21. The van der Waals surface area contributed by atoms with Crippen LogP contribution >= 0.6 is 24.0 Å². The fourth-order valence-electron chi connectivity index (χ4n) is 1.21. The summed E-state index contributed by atoms with van der Waals surface area (Å²) >= 11 is 0. The monoisotopic (exact) mass is 350 g/mol. The summed E-state index contributed by atoms with van der Waals surface area (Å²) in [4.78, 5) is 17.7. The average Bonchev–Trinajstić information content (AvgIpc) is 2.24. The molecule has 1 aromatic rings. The van der Waals surface area contributed by atoms with Crippen LogP contribution in [0.15, 0.2) is 21.9 Å². The molecule has 2 N–H and O–H groups in total. The van der Waals surface area contributed by atoms with Gasteiger partial charge >= 0.3 is 0 Å². The van der Waals surface area contributed by atoms with Gasteiger partial charge in [-0.1, -0.05) is 0 Å². The van der Waals surface area contributed by atoms with E-state index < -0.39 is 0 Å². The quantitative estimate of drug-likeness (QED) is 0.485. The number of pyridine rings is 1. The number of rotatable bonds is 2. The van der Waals surface area contributed by atoms with Gasteiger partial charge in [0.25, 0.3) is 5.56 Å². The topological polar surface area (TPSA) is 63.6 Å². The smallest absolute Gasteiger partial charge is 0.255 e. The molecular weight excluding hydrogens is 331 g/mol. The first-order chi connectivity index (χ1) is 7.43. The van der Waals surface area contributed by atoms with Gasteiger partial charge < -0.3 is 15.2 Å². The van der Waals surface area contributed by atoms with E-state index in [0.29, 0.717) is 18.1 Å². The molecule has 0 bridgehead atoms. The summed E-state index contributed by atoms with van der Waals surface area (Å²) in [6, 6.07) is 3.70. The van der Waals surface area contributed by atoms with E-state index >= 15 is 0 Å². The van der Waals surface area contributed by atoms with Gasteiger partial charge in [-0.15, -0.1) is 24.0 Å². The van der Waals surface area contributed by atoms with Crippen LogP contribution in [0.4, 0.5) is 0 Å². The average molecular weight is 350 g/mol. The molecule has 0 atom stereocenters. The van der Waals surface area contributed by atoms with E-state index in [1.165, 1.54) is 0 Å². The van der Waals surface area contributed by atoms with E-state index in [1.807, 2.05) is 27.1 Å². The van der Waals surface area contributed by atoms with Crippen LogP contribution in [0.2, 0.25) is 0 Å². The zero-order valence-corrected chi connectivity index (χ0v) is 12.9. The van der Waals surface area contributed by atoms with Gasteiger partial charge in [-0.3, -0.25) is 4.79 Å². The van der Waals surface area contributed by atoms with Gasteiger partial charge in [-0.05, 0) is 19.1 Å². The van der Waals surface area contributed by atoms with Crippen molar-refractivity contribution in [2.45, 2.75) is 13.5 Å². The molecule has 96 valence electrons. The fraction of sp³-hybridized carbons (Fsp3) is 0.455. The van der Waals surface area contributed by atoms with Crippen LogP contribution in [0, 0.1) is 6.92 Å². The molecule has 6 heteroatoms. The van der Waals surface area contributed by atoms with Crippen LogP contribution in [-0.4, -0.2) is 29.5 Å². The van der Waals surface area contributed by atoms with Crippen LogP contribution in [0.25, 0.3) is 0 Å². The number of nitrogens with zero attached hydrogens (tertiary/aromatic N) is 3.